The third-order valence-electron chi connectivity index (χ3n) is 3.49. The number of rotatable bonds is 7. The van der Waals surface area contributed by atoms with Crippen LogP contribution in [0.25, 0.3) is 0 Å². The van der Waals surface area contributed by atoms with E-state index in [-0.39, 0.29) is 0 Å². The number of likely N-dealkylation sites (tertiary alicyclic amines) is 1. The Bertz CT molecular complexity index is 188. The Hall–Kier alpha value is -0.540. The summed E-state index contributed by atoms with van der Waals surface area (Å²) < 4.78 is 5.09. The quantitative estimate of drug-likeness (QED) is 0.530. The van der Waals surface area contributed by atoms with E-state index in [1.54, 1.807) is 0 Å². The van der Waals surface area contributed by atoms with E-state index in [0.717, 1.165) is 25.5 Å². The van der Waals surface area contributed by atoms with E-state index < -0.39 is 0 Å². The van der Waals surface area contributed by atoms with Crippen molar-refractivity contribution in [2.75, 3.05) is 33.3 Å². The first-order chi connectivity index (χ1) is 7.74. The zero-order valence-corrected chi connectivity index (χ0v) is 10.7. The van der Waals surface area contributed by atoms with Crippen molar-refractivity contribution in [3.8, 4) is 0 Å². The van der Waals surface area contributed by atoms with E-state index in [1.165, 1.54) is 32.2 Å². The minimum Gasteiger partial charge on any atom is -0.502 e. The summed E-state index contributed by atoms with van der Waals surface area (Å²) in [5, 5.41) is 3.59. The smallest absolute Gasteiger partial charge is 0.0885 e. The largest absolute Gasteiger partial charge is 0.502 e. The van der Waals surface area contributed by atoms with Gasteiger partial charge in [0.2, 0.25) is 0 Å². The number of piperidine rings is 1. The Kier molecular flexibility index (Phi) is 6.50. The lowest BCUT2D eigenvalue weighted by atomic mass is 9.90. The number of nitrogens with one attached hydrogen (secondary N) is 1. The van der Waals surface area contributed by atoms with Crippen LogP contribution in [-0.2, 0) is 4.74 Å². The van der Waals surface area contributed by atoms with Gasteiger partial charge in [0.15, 0.2) is 0 Å². The highest BCUT2D eigenvalue weighted by Crippen LogP contribution is 2.19. The average Bonchev–Trinajstić information content (AvgIpc) is 2.29. The minimum atomic E-state index is 0.637. The fourth-order valence-corrected chi connectivity index (χ4v) is 2.26. The number of ether oxygens (including phenoxy) is 1. The van der Waals surface area contributed by atoms with Crippen molar-refractivity contribution >= 4 is 0 Å². The summed E-state index contributed by atoms with van der Waals surface area (Å²) >= 11 is 0. The molecule has 1 aliphatic heterocycles. The van der Waals surface area contributed by atoms with Crippen molar-refractivity contribution in [1.82, 2.24) is 10.2 Å². The molecule has 0 aromatic carbocycles. The van der Waals surface area contributed by atoms with Gasteiger partial charge >= 0.3 is 0 Å². The van der Waals surface area contributed by atoms with Crippen LogP contribution >= 0.6 is 0 Å². The van der Waals surface area contributed by atoms with E-state index in [0.29, 0.717) is 6.04 Å². The van der Waals surface area contributed by atoms with Gasteiger partial charge in [-0.2, -0.15) is 0 Å². The van der Waals surface area contributed by atoms with Crippen LogP contribution in [0.15, 0.2) is 12.8 Å². The Morgan fingerprint density at radius 1 is 1.50 bits per heavy atom. The van der Waals surface area contributed by atoms with E-state index >= 15 is 0 Å². The summed E-state index contributed by atoms with van der Waals surface area (Å²) in [7, 11) is 2.21. The molecule has 0 radical (unpaired) electrons. The maximum absolute atomic E-state index is 5.09. The van der Waals surface area contributed by atoms with Gasteiger partial charge in [0.25, 0.3) is 0 Å². The molecule has 94 valence electrons. The van der Waals surface area contributed by atoms with Crippen LogP contribution in [0.4, 0.5) is 0 Å². The second-order valence-electron chi connectivity index (χ2n) is 4.77. The summed E-state index contributed by atoms with van der Waals surface area (Å²) in [6.45, 7) is 10.1. The molecule has 1 aliphatic rings. The first-order valence-corrected chi connectivity index (χ1v) is 6.38. The van der Waals surface area contributed by atoms with Gasteiger partial charge in [0.1, 0.15) is 0 Å². The topological polar surface area (TPSA) is 24.5 Å². The molecule has 0 aromatic heterocycles. The molecule has 1 rings (SSSR count). The average molecular weight is 226 g/mol. The van der Waals surface area contributed by atoms with Crippen LogP contribution < -0.4 is 5.32 Å². The van der Waals surface area contributed by atoms with Gasteiger partial charge in [-0.3, -0.25) is 0 Å². The van der Waals surface area contributed by atoms with Gasteiger partial charge in [0.05, 0.1) is 12.9 Å². The number of hydrogen-bond donors (Lipinski definition) is 1. The van der Waals surface area contributed by atoms with E-state index in [9.17, 15) is 0 Å². The molecule has 0 aromatic rings. The van der Waals surface area contributed by atoms with Gasteiger partial charge in [-0.1, -0.05) is 6.58 Å². The SMILES string of the molecule is C=COCCCNC(C)C1CCN(C)CC1. The van der Waals surface area contributed by atoms with Crippen LogP contribution in [0.1, 0.15) is 26.2 Å². The Morgan fingerprint density at radius 2 is 2.19 bits per heavy atom. The second-order valence-corrected chi connectivity index (χ2v) is 4.77. The summed E-state index contributed by atoms with van der Waals surface area (Å²) in [4.78, 5) is 2.42. The highest BCUT2D eigenvalue weighted by molar-refractivity contribution is 4.78. The van der Waals surface area contributed by atoms with Gasteiger partial charge in [-0.05, 0) is 58.8 Å². The van der Waals surface area contributed by atoms with Gasteiger partial charge in [0, 0.05) is 6.04 Å². The summed E-state index contributed by atoms with van der Waals surface area (Å²) in [6, 6.07) is 0.637. The van der Waals surface area contributed by atoms with Crippen molar-refractivity contribution in [1.29, 1.82) is 0 Å². The van der Waals surface area contributed by atoms with Gasteiger partial charge in [-0.15, -0.1) is 0 Å². The Morgan fingerprint density at radius 3 is 2.81 bits per heavy atom. The lowest BCUT2D eigenvalue weighted by Crippen LogP contribution is -2.41. The predicted octanol–water partition coefficient (Wildman–Crippen LogP) is 1.86. The van der Waals surface area contributed by atoms with Crippen LogP contribution in [0.2, 0.25) is 0 Å². The van der Waals surface area contributed by atoms with E-state index in [4.69, 9.17) is 4.74 Å². The number of nitrogens with zero attached hydrogens (tertiary/aromatic N) is 1. The Balaban J connectivity index is 2.05. The normalized spacial score (nSPS) is 20.6. The molecule has 1 heterocycles. The lowest BCUT2D eigenvalue weighted by Gasteiger charge is -2.33. The summed E-state index contributed by atoms with van der Waals surface area (Å²) in [5.41, 5.74) is 0. The standard InChI is InChI=1S/C13H26N2O/c1-4-16-11-5-8-14-12(2)13-6-9-15(3)10-7-13/h4,12-14H,1,5-11H2,2-3H3. The zero-order chi connectivity index (χ0) is 11.8. The second kappa shape index (κ2) is 7.69. The predicted molar refractivity (Wildman–Crippen MR) is 68.5 cm³/mol. The van der Waals surface area contributed by atoms with E-state index in [2.05, 4.69) is 30.8 Å². The van der Waals surface area contributed by atoms with Crippen molar-refractivity contribution in [3.63, 3.8) is 0 Å². The molecule has 0 spiro atoms. The molecule has 3 nitrogen and oxygen atoms in total. The molecule has 0 aliphatic carbocycles. The van der Waals surface area contributed by atoms with Crippen molar-refractivity contribution in [2.45, 2.75) is 32.2 Å². The highest BCUT2D eigenvalue weighted by Gasteiger charge is 2.21. The van der Waals surface area contributed by atoms with Crippen molar-refractivity contribution in [3.05, 3.63) is 12.8 Å². The molecule has 0 bridgehead atoms. The maximum Gasteiger partial charge on any atom is 0.0885 e. The molecular formula is C13H26N2O. The molecule has 1 N–H and O–H groups in total. The summed E-state index contributed by atoms with van der Waals surface area (Å²) in [6.07, 6.45) is 5.23. The number of hydrogen-bond acceptors (Lipinski definition) is 3. The van der Waals surface area contributed by atoms with Crippen molar-refractivity contribution < 1.29 is 4.74 Å². The zero-order valence-electron chi connectivity index (χ0n) is 10.7. The molecule has 1 unspecified atom stereocenters. The third-order valence-corrected chi connectivity index (χ3v) is 3.49. The molecular weight excluding hydrogens is 200 g/mol. The monoisotopic (exact) mass is 226 g/mol. The molecule has 16 heavy (non-hydrogen) atoms. The molecule has 1 saturated heterocycles. The third kappa shape index (κ3) is 4.99. The van der Waals surface area contributed by atoms with Gasteiger partial charge < -0.3 is 15.0 Å². The van der Waals surface area contributed by atoms with Gasteiger partial charge in [-0.25, -0.2) is 0 Å². The Labute approximate surface area is 99.8 Å². The van der Waals surface area contributed by atoms with Crippen LogP contribution in [0.3, 0.4) is 0 Å². The molecule has 1 fully saturated rings. The van der Waals surface area contributed by atoms with Crippen LogP contribution in [0, 0.1) is 5.92 Å². The molecule has 3 heteroatoms. The minimum absolute atomic E-state index is 0.637. The highest BCUT2D eigenvalue weighted by atomic mass is 16.5. The van der Waals surface area contributed by atoms with E-state index in [1.807, 2.05) is 0 Å². The molecule has 0 amide bonds. The van der Waals surface area contributed by atoms with Crippen molar-refractivity contribution in [2.24, 2.45) is 5.92 Å². The first-order valence-electron chi connectivity index (χ1n) is 6.38. The fourth-order valence-electron chi connectivity index (χ4n) is 2.26. The first kappa shape index (κ1) is 13.5. The molecule has 0 saturated carbocycles. The summed E-state index contributed by atoms with van der Waals surface area (Å²) in [5.74, 6) is 0.844. The molecule has 1 atom stereocenters. The van der Waals surface area contributed by atoms with Crippen LogP contribution in [-0.4, -0.2) is 44.2 Å². The fraction of sp³-hybridized carbons (Fsp3) is 0.846. The van der Waals surface area contributed by atoms with Crippen LogP contribution in [0.5, 0.6) is 0 Å². The maximum atomic E-state index is 5.09. The lowest BCUT2D eigenvalue weighted by molar-refractivity contribution is 0.186.